The number of esters is 1. The number of H-pyrrole nitrogens is 1. The second kappa shape index (κ2) is 8.78. The molecule has 1 atom stereocenters. The average Bonchev–Trinajstić information content (AvgIpc) is 3.26. The molecule has 1 aliphatic rings. The van der Waals surface area contributed by atoms with Gasteiger partial charge in [-0.15, -0.1) is 0 Å². The summed E-state index contributed by atoms with van der Waals surface area (Å²) in [5.41, 5.74) is 3.41. The lowest BCUT2D eigenvalue weighted by Crippen LogP contribution is -2.31. The van der Waals surface area contributed by atoms with Crippen LogP contribution in [0.15, 0.2) is 48.5 Å². The van der Waals surface area contributed by atoms with E-state index in [4.69, 9.17) is 18.9 Å². The molecule has 0 aliphatic heterocycles. The lowest BCUT2D eigenvalue weighted by atomic mass is 9.68. The van der Waals surface area contributed by atoms with Gasteiger partial charge in [0.15, 0.2) is 17.2 Å². The van der Waals surface area contributed by atoms with Crippen LogP contribution < -0.4 is 14.2 Å². The predicted octanol–water partition coefficient (Wildman–Crippen LogP) is 4.17. The molecule has 4 rings (SSSR count). The molecule has 0 spiro atoms. The molecule has 166 valence electrons. The fraction of sp³-hybridized carbons (Fsp3) is 0.280. The lowest BCUT2D eigenvalue weighted by molar-refractivity contribution is 0.0519. The molecule has 7 nitrogen and oxygen atoms in total. The van der Waals surface area contributed by atoms with E-state index in [-0.39, 0.29) is 0 Å². The zero-order valence-electron chi connectivity index (χ0n) is 18.6. The number of allylic oxidation sites excluding steroid dienone is 1. The van der Waals surface area contributed by atoms with E-state index in [1.54, 1.807) is 28.3 Å². The van der Waals surface area contributed by atoms with E-state index >= 15 is 0 Å². The first-order valence-electron chi connectivity index (χ1n) is 10.4. The lowest BCUT2D eigenvalue weighted by Gasteiger charge is -2.35. The van der Waals surface area contributed by atoms with Gasteiger partial charge in [-0.25, -0.2) is 4.79 Å². The third-order valence-electron chi connectivity index (χ3n) is 5.81. The second-order valence-corrected chi connectivity index (χ2v) is 7.45. The Morgan fingerprint density at radius 3 is 2.31 bits per heavy atom. The van der Waals surface area contributed by atoms with E-state index < -0.39 is 11.4 Å². The maximum Gasteiger partial charge on any atom is 0.359 e. The first kappa shape index (κ1) is 21.5. The highest BCUT2D eigenvalue weighted by atomic mass is 16.5. The number of rotatable bonds is 7. The zero-order chi connectivity index (χ0) is 22.7. The zero-order valence-corrected chi connectivity index (χ0v) is 18.6. The van der Waals surface area contributed by atoms with Crippen LogP contribution in [0, 0.1) is 0 Å². The van der Waals surface area contributed by atoms with Crippen molar-refractivity contribution < 1.29 is 23.7 Å². The largest absolute Gasteiger partial charge is 0.493 e. The van der Waals surface area contributed by atoms with Crippen LogP contribution in [0.1, 0.15) is 39.8 Å². The smallest absolute Gasteiger partial charge is 0.359 e. The van der Waals surface area contributed by atoms with Crippen molar-refractivity contribution in [3.05, 3.63) is 76.6 Å². The van der Waals surface area contributed by atoms with Crippen molar-refractivity contribution in [2.75, 3.05) is 27.9 Å². The van der Waals surface area contributed by atoms with E-state index in [9.17, 15) is 4.79 Å². The number of methoxy groups -OCH3 is 3. The Hall–Kier alpha value is -3.74. The van der Waals surface area contributed by atoms with Crippen LogP contribution in [0.2, 0.25) is 0 Å². The van der Waals surface area contributed by atoms with Gasteiger partial charge in [0.05, 0.1) is 27.9 Å². The molecular formula is C25H26N2O5. The summed E-state index contributed by atoms with van der Waals surface area (Å²) >= 11 is 0. The quantitative estimate of drug-likeness (QED) is 0.562. The van der Waals surface area contributed by atoms with Gasteiger partial charge >= 0.3 is 5.97 Å². The van der Waals surface area contributed by atoms with Gasteiger partial charge in [-0.1, -0.05) is 42.5 Å². The number of carbonyl (C=O) groups is 1. The monoisotopic (exact) mass is 434 g/mol. The van der Waals surface area contributed by atoms with Crippen LogP contribution >= 0.6 is 0 Å². The predicted molar refractivity (Wildman–Crippen MR) is 121 cm³/mol. The summed E-state index contributed by atoms with van der Waals surface area (Å²) in [6.45, 7) is 2.07. The normalized spacial score (nSPS) is 16.9. The van der Waals surface area contributed by atoms with Gasteiger partial charge in [0.2, 0.25) is 5.75 Å². The molecule has 2 aromatic carbocycles. The van der Waals surface area contributed by atoms with Crippen molar-refractivity contribution in [3.63, 3.8) is 0 Å². The Labute approximate surface area is 187 Å². The summed E-state index contributed by atoms with van der Waals surface area (Å²) in [7, 11) is 4.79. The number of ether oxygens (including phenoxy) is 4. The fourth-order valence-corrected chi connectivity index (χ4v) is 4.26. The molecule has 0 radical (unpaired) electrons. The molecular weight excluding hydrogens is 408 g/mol. The number of hydrogen-bond acceptors (Lipinski definition) is 6. The molecule has 1 aliphatic carbocycles. The molecule has 0 bridgehead atoms. The van der Waals surface area contributed by atoms with E-state index in [2.05, 4.69) is 28.4 Å². The highest BCUT2D eigenvalue weighted by Crippen LogP contribution is 2.47. The molecule has 1 unspecified atom stereocenters. The van der Waals surface area contributed by atoms with Crippen LogP contribution in [0.25, 0.3) is 6.08 Å². The van der Waals surface area contributed by atoms with Crippen LogP contribution in [0.4, 0.5) is 0 Å². The Morgan fingerprint density at radius 1 is 1.03 bits per heavy atom. The van der Waals surface area contributed by atoms with Gasteiger partial charge in [0.1, 0.15) is 0 Å². The highest BCUT2D eigenvalue weighted by molar-refractivity contribution is 5.92. The molecule has 1 heterocycles. The molecule has 32 heavy (non-hydrogen) atoms. The van der Waals surface area contributed by atoms with Crippen molar-refractivity contribution in [3.8, 4) is 17.2 Å². The van der Waals surface area contributed by atoms with Gasteiger partial charge in [-0.2, -0.15) is 5.10 Å². The van der Waals surface area contributed by atoms with Crippen LogP contribution in [-0.4, -0.2) is 44.1 Å². The molecule has 3 aromatic rings. The van der Waals surface area contributed by atoms with Crippen LogP contribution in [0.5, 0.6) is 17.2 Å². The van der Waals surface area contributed by atoms with Crippen molar-refractivity contribution >= 4 is 12.0 Å². The third kappa shape index (κ3) is 3.49. The minimum atomic E-state index is -0.542. The van der Waals surface area contributed by atoms with Crippen LogP contribution in [-0.2, 0) is 16.6 Å². The Balaban J connectivity index is 1.90. The number of nitrogens with one attached hydrogen (secondary N) is 1. The molecule has 1 aromatic heterocycles. The van der Waals surface area contributed by atoms with Crippen LogP contribution in [0.3, 0.4) is 0 Å². The van der Waals surface area contributed by atoms with E-state index in [0.717, 1.165) is 22.4 Å². The van der Waals surface area contributed by atoms with Crippen molar-refractivity contribution in [2.45, 2.75) is 18.8 Å². The summed E-state index contributed by atoms with van der Waals surface area (Å²) in [5, 5.41) is 7.29. The summed E-state index contributed by atoms with van der Waals surface area (Å²) in [4.78, 5) is 12.3. The van der Waals surface area contributed by atoms with Gasteiger partial charge < -0.3 is 18.9 Å². The number of fused-ring (bicyclic) bond motifs is 1. The second-order valence-electron chi connectivity index (χ2n) is 7.45. The average molecular weight is 434 g/mol. The molecule has 7 heteroatoms. The molecule has 0 saturated carbocycles. The van der Waals surface area contributed by atoms with Gasteiger partial charge in [0, 0.05) is 23.1 Å². The summed E-state index contributed by atoms with van der Waals surface area (Å²) in [5.74, 6) is 1.25. The molecule has 1 N–H and O–H groups in total. The van der Waals surface area contributed by atoms with E-state index in [1.165, 1.54) is 0 Å². The van der Waals surface area contributed by atoms with Crippen molar-refractivity contribution in [2.24, 2.45) is 0 Å². The maximum atomic E-state index is 12.3. The van der Waals surface area contributed by atoms with Crippen molar-refractivity contribution in [1.29, 1.82) is 0 Å². The summed E-state index contributed by atoms with van der Waals surface area (Å²) in [6.07, 6.45) is 4.60. The van der Waals surface area contributed by atoms with E-state index in [0.29, 0.717) is 36.0 Å². The maximum absolute atomic E-state index is 12.3. The standard InChI is InChI=1S/C25H26N2O5/c1-5-32-24(28)22-18-11-12-25(15-19(18)26-27-22,16-9-7-6-8-10-16)17-13-20(29-2)23(31-4)21(14-17)30-3/h6-14H,5,15H2,1-4H3,(H,26,27). The minimum Gasteiger partial charge on any atom is -0.493 e. The first-order chi connectivity index (χ1) is 15.6. The number of nitrogens with zero attached hydrogens (tertiary/aromatic N) is 1. The number of aromatic nitrogens is 2. The fourth-order valence-electron chi connectivity index (χ4n) is 4.26. The topological polar surface area (TPSA) is 82.7 Å². The number of hydrogen-bond donors (Lipinski definition) is 1. The third-order valence-corrected chi connectivity index (χ3v) is 5.81. The van der Waals surface area contributed by atoms with Gasteiger partial charge in [0.25, 0.3) is 0 Å². The van der Waals surface area contributed by atoms with Crippen molar-refractivity contribution in [1.82, 2.24) is 10.2 Å². The van der Waals surface area contributed by atoms with Gasteiger partial charge in [-0.05, 0) is 30.2 Å². The Bertz CT molecular complexity index is 1130. The first-order valence-corrected chi connectivity index (χ1v) is 10.4. The number of benzene rings is 2. The summed E-state index contributed by atoms with van der Waals surface area (Å²) < 4.78 is 21.9. The SMILES string of the molecule is CCOC(=O)c1n[nH]c2c1C=CC(c1ccccc1)(c1cc(OC)c(OC)c(OC)c1)C2. The molecule has 0 amide bonds. The molecule has 0 fully saturated rings. The number of carbonyl (C=O) groups excluding carboxylic acids is 1. The van der Waals surface area contributed by atoms with E-state index in [1.807, 2.05) is 36.4 Å². The summed E-state index contributed by atoms with van der Waals surface area (Å²) in [6, 6.07) is 14.1. The molecule has 0 saturated heterocycles. The Kier molecular flexibility index (Phi) is 5.90. The van der Waals surface area contributed by atoms with Gasteiger partial charge in [-0.3, -0.25) is 5.10 Å². The minimum absolute atomic E-state index is 0.295. The highest BCUT2D eigenvalue weighted by Gasteiger charge is 2.38. The number of aromatic amines is 1. The Morgan fingerprint density at radius 2 is 1.72 bits per heavy atom.